The number of nitrogens with two attached hydrogens (primary N) is 1. The monoisotopic (exact) mass is 501 g/mol. The second-order valence-electron chi connectivity index (χ2n) is 8.96. The first-order valence-corrected chi connectivity index (χ1v) is 11.2. The lowest BCUT2D eigenvalue weighted by Crippen LogP contribution is -2.54. The average molecular weight is 502 g/mol. The number of ether oxygens (including phenoxy) is 1. The maximum atomic E-state index is 12.7. The van der Waals surface area contributed by atoms with Gasteiger partial charge in [0.2, 0.25) is 0 Å². The summed E-state index contributed by atoms with van der Waals surface area (Å²) in [4.78, 5) is 28.9. The third-order valence-corrected chi connectivity index (χ3v) is 6.06. The smallest absolute Gasteiger partial charge is 0.317 e. The van der Waals surface area contributed by atoms with Crippen molar-refractivity contribution in [1.82, 2.24) is 10.2 Å². The van der Waals surface area contributed by atoms with Crippen LogP contribution in [0.4, 0.5) is 10.5 Å². The molecule has 0 aromatic heterocycles. The van der Waals surface area contributed by atoms with Crippen LogP contribution in [-0.4, -0.2) is 61.6 Å². The highest BCUT2D eigenvalue weighted by molar-refractivity contribution is 5.95. The Morgan fingerprint density at radius 2 is 1.64 bits per heavy atom. The van der Waals surface area contributed by atoms with Crippen LogP contribution in [-0.2, 0) is 9.53 Å². The molecule has 2 amide bonds. The van der Waals surface area contributed by atoms with E-state index in [0.29, 0.717) is 31.2 Å². The normalized spacial score (nSPS) is 20.3. The fraction of sp³-hybridized carbons (Fsp3) is 0.609. The van der Waals surface area contributed by atoms with Crippen molar-refractivity contribution in [3.05, 3.63) is 29.8 Å². The highest BCUT2D eigenvalue weighted by Gasteiger charge is 2.30. The van der Waals surface area contributed by atoms with Gasteiger partial charge in [0.25, 0.3) is 0 Å². The zero-order valence-corrected chi connectivity index (χ0v) is 21.1. The molecule has 0 atom stereocenters. The molecule has 1 aromatic rings. The van der Waals surface area contributed by atoms with E-state index in [-0.39, 0.29) is 54.6 Å². The Morgan fingerprint density at radius 3 is 2.15 bits per heavy atom. The highest BCUT2D eigenvalue weighted by atomic mass is 35.5. The number of nitrogen functional groups attached to an aromatic ring is 1. The molecule has 0 radical (unpaired) electrons. The van der Waals surface area contributed by atoms with E-state index in [1.54, 1.807) is 0 Å². The summed E-state index contributed by atoms with van der Waals surface area (Å²) < 4.78 is 5.36. The predicted molar refractivity (Wildman–Crippen MR) is 136 cm³/mol. The topological polar surface area (TPSA) is 112 Å². The number of rotatable bonds is 6. The van der Waals surface area contributed by atoms with Crippen LogP contribution in [0, 0.1) is 17.2 Å². The largest absolute Gasteiger partial charge is 0.465 e. The molecule has 3 rings (SSSR count). The van der Waals surface area contributed by atoms with Crippen LogP contribution in [0.3, 0.4) is 0 Å². The van der Waals surface area contributed by atoms with Gasteiger partial charge in [0.15, 0.2) is 0 Å². The average Bonchev–Trinajstić information content (AvgIpc) is 2.78. The van der Waals surface area contributed by atoms with E-state index in [4.69, 9.17) is 15.9 Å². The van der Waals surface area contributed by atoms with Gasteiger partial charge in [-0.2, -0.15) is 0 Å². The number of halogens is 2. The molecule has 186 valence electrons. The summed E-state index contributed by atoms with van der Waals surface area (Å²) in [6, 6.07) is 7.75. The van der Waals surface area contributed by atoms with Crippen LogP contribution >= 0.6 is 24.8 Å². The number of nitrogens with one attached hydrogen (secondary N) is 2. The second-order valence-corrected chi connectivity index (χ2v) is 8.96. The fourth-order valence-electron chi connectivity index (χ4n) is 4.13. The third kappa shape index (κ3) is 8.27. The summed E-state index contributed by atoms with van der Waals surface area (Å²) in [5.74, 6) is 0.283. The number of urea groups is 1. The number of carbonyl (C=O) groups excluding carboxylic acids is 2. The molecule has 10 heteroatoms. The van der Waals surface area contributed by atoms with Gasteiger partial charge in [0.05, 0.1) is 12.5 Å². The minimum Gasteiger partial charge on any atom is -0.465 e. The summed E-state index contributed by atoms with van der Waals surface area (Å²) >= 11 is 0. The lowest BCUT2D eigenvalue weighted by molar-refractivity contribution is -0.150. The maximum Gasteiger partial charge on any atom is 0.317 e. The number of piperazine rings is 1. The van der Waals surface area contributed by atoms with Crippen molar-refractivity contribution >= 4 is 48.3 Å². The number of nitrogens with zero attached hydrogens (tertiary/aromatic N) is 2. The first-order valence-electron chi connectivity index (χ1n) is 11.2. The summed E-state index contributed by atoms with van der Waals surface area (Å²) in [6.07, 6.45) is 3.17. The van der Waals surface area contributed by atoms with Crippen molar-refractivity contribution in [3.8, 4) is 0 Å². The zero-order valence-electron chi connectivity index (χ0n) is 19.4. The van der Waals surface area contributed by atoms with Crippen molar-refractivity contribution in [2.45, 2.75) is 45.6 Å². The van der Waals surface area contributed by atoms with Gasteiger partial charge in [0.1, 0.15) is 5.84 Å². The van der Waals surface area contributed by atoms with Gasteiger partial charge in [-0.15, -0.1) is 24.8 Å². The van der Waals surface area contributed by atoms with Crippen molar-refractivity contribution in [2.24, 2.45) is 17.6 Å². The molecule has 1 heterocycles. The summed E-state index contributed by atoms with van der Waals surface area (Å²) in [6.45, 7) is 7.40. The Kier molecular flexibility index (Phi) is 11.8. The van der Waals surface area contributed by atoms with Crippen molar-refractivity contribution in [3.63, 3.8) is 0 Å². The third-order valence-electron chi connectivity index (χ3n) is 6.06. The van der Waals surface area contributed by atoms with Crippen LogP contribution in [0.25, 0.3) is 0 Å². The van der Waals surface area contributed by atoms with Crippen LogP contribution in [0.1, 0.15) is 45.1 Å². The van der Waals surface area contributed by atoms with Gasteiger partial charge in [-0.05, 0) is 55.9 Å². The molecular weight excluding hydrogens is 465 g/mol. The number of anilines is 1. The number of esters is 1. The molecule has 1 saturated carbocycles. The first-order chi connectivity index (χ1) is 14.8. The lowest BCUT2D eigenvalue weighted by Gasteiger charge is -2.37. The zero-order chi connectivity index (χ0) is 22.4. The maximum absolute atomic E-state index is 12.7. The van der Waals surface area contributed by atoms with Crippen LogP contribution in [0.15, 0.2) is 24.3 Å². The molecule has 0 spiro atoms. The van der Waals surface area contributed by atoms with E-state index in [1.165, 1.54) is 0 Å². The van der Waals surface area contributed by atoms with Gasteiger partial charge in [-0.3, -0.25) is 10.2 Å². The Labute approximate surface area is 208 Å². The molecular formula is C23H37Cl2N5O3. The first kappa shape index (κ1) is 28.8. The molecule has 0 unspecified atom stereocenters. The van der Waals surface area contributed by atoms with Crippen molar-refractivity contribution in [1.29, 1.82) is 5.41 Å². The van der Waals surface area contributed by atoms with E-state index >= 15 is 0 Å². The molecule has 8 nitrogen and oxygen atoms in total. The van der Waals surface area contributed by atoms with Crippen molar-refractivity contribution < 1.29 is 14.3 Å². The minimum absolute atomic E-state index is 0. The van der Waals surface area contributed by atoms with Crippen LogP contribution < -0.4 is 16.0 Å². The van der Waals surface area contributed by atoms with Gasteiger partial charge < -0.3 is 25.6 Å². The number of carbonyl (C=O) groups is 2. The Hall–Kier alpha value is -2.19. The van der Waals surface area contributed by atoms with Gasteiger partial charge in [-0.25, -0.2) is 4.79 Å². The number of hydrogen-bond donors (Lipinski definition) is 3. The number of amidine groups is 1. The molecule has 0 bridgehead atoms. The lowest BCUT2D eigenvalue weighted by atomic mass is 9.86. The minimum atomic E-state index is -0.0917. The molecule has 2 fully saturated rings. The molecule has 1 aliphatic heterocycles. The van der Waals surface area contributed by atoms with Gasteiger partial charge in [-0.1, -0.05) is 13.8 Å². The molecule has 1 aromatic carbocycles. The van der Waals surface area contributed by atoms with Crippen LogP contribution in [0.5, 0.6) is 0 Å². The summed E-state index contributed by atoms with van der Waals surface area (Å²) in [5, 5.41) is 10.6. The SMILES string of the molecule is CC(C)COC(=O)[C@H]1CC[C@H](NC(=O)N2CCN(c3ccc(C(=N)N)cc3)CC2)CC1.Cl.Cl. The van der Waals surface area contributed by atoms with E-state index in [2.05, 4.69) is 10.2 Å². The Balaban J connectivity index is 0.00000272. The van der Waals surface area contributed by atoms with Gasteiger partial charge >= 0.3 is 12.0 Å². The van der Waals surface area contributed by atoms with E-state index in [9.17, 15) is 9.59 Å². The highest BCUT2D eigenvalue weighted by Crippen LogP contribution is 2.26. The van der Waals surface area contributed by atoms with E-state index in [1.807, 2.05) is 43.0 Å². The molecule has 1 aliphatic carbocycles. The van der Waals surface area contributed by atoms with Gasteiger partial charge in [0, 0.05) is 43.5 Å². The molecule has 33 heavy (non-hydrogen) atoms. The standard InChI is InChI=1S/C23H35N5O3.2ClH/c1-16(2)15-31-22(29)18-3-7-19(8-4-18)26-23(30)28-13-11-27(12-14-28)20-9-5-17(6-10-20)21(24)25;;/h5-6,9-10,16,18-19H,3-4,7-8,11-15H2,1-2H3,(H3,24,25)(H,26,30);2*1H/t18-,19-;;. The predicted octanol–water partition coefficient (Wildman–Crippen LogP) is 3.40. The Morgan fingerprint density at radius 1 is 1.06 bits per heavy atom. The molecule has 4 N–H and O–H groups in total. The van der Waals surface area contributed by atoms with E-state index in [0.717, 1.165) is 44.5 Å². The fourth-order valence-corrected chi connectivity index (χ4v) is 4.13. The van der Waals surface area contributed by atoms with Crippen LogP contribution in [0.2, 0.25) is 0 Å². The Bertz CT molecular complexity index is 775. The second kappa shape index (κ2) is 13.5. The number of benzene rings is 1. The summed E-state index contributed by atoms with van der Waals surface area (Å²) in [5.41, 5.74) is 7.30. The summed E-state index contributed by atoms with van der Waals surface area (Å²) in [7, 11) is 0. The van der Waals surface area contributed by atoms with Crippen molar-refractivity contribution in [2.75, 3.05) is 37.7 Å². The quantitative estimate of drug-likeness (QED) is 0.314. The molecule has 1 saturated heterocycles. The molecule has 2 aliphatic rings. The van der Waals surface area contributed by atoms with E-state index < -0.39 is 0 Å². The number of amides is 2. The number of hydrogen-bond acceptors (Lipinski definition) is 5.